The van der Waals surface area contributed by atoms with Crippen molar-refractivity contribution in [1.29, 1.82) is 0 Å². The van der Waals surface area contributed by atoms with Crippen LogP contribution in [0, 0.1) is 0 Å². The maximum Gasteiger partial charge on any atom is 0.161 e. The molecule has 0 aliphatic carbocycles. The number of benzene rings is 11. The first-order valence-corrected chi connectivity index (χ1v) is 22.8. The summed E-state index contributed by atoms with van der Waals surface area (Å²) in [5.41, 5.74) is 17.0. The Bertz CT molecular complexity index is 3660. The van der Waals surface area contributed by atoms with Crippen LogP contribution in [0.3, 0.4) is 0 Å². The molecule has 0 N–H and O–H groups in total. The summed E-state index contributed by atoms with van der Waals surface area (Å²) in [6.07, 6.45) is 0. The molecule has 1 heterocycles. The fourth-order valence-electron chi connectivity index (χ4n) is 9.67. The molecule has 3 nitrogen and oxygen atoms in total. The van der Waals surface area contributed by atoms with E-state index in [-0.39, 0.29) is 0 Å². The van der Waals surface area contributed by atoms with Crippen LogP contribution >= 0.6 is 0 Å². The van der Waals surface area contributed by atoms with E-state index >= 15 is 0 Å². The minimum absolute atomic E-state index is 0.795. The van der Waals surface area contributed by atoms with E-state index in [1.54, 1.807) is 0 Å². The van der Waals surface area contributed by atoms with Gasteiger partial charge in [0.05, 0.1) is 22.4 Å². The van der Waals surface area contributed by atoms with Crippen molar-refractivity contribution in [2.24, 2.45) is 0 Å². The molecule has 3 heteroatoms. The molecule has 67 heavy (non-hydrogen) atoms. The van der Waals surface area contributed by atoms with Crippen molar-refractivity contribution < 1.29 is 4.42 Å². The van der Waals surface area contributed by atoms with Gasteiger partial charge in [0.2, 0.25) is 0 Å². The number of hydrogen-bond donors (Lipinski definition) is 0. The molecular formula is C64H44N2O. The monoisotopic (exact) mass is 856 g/mol. The third-order valence-electron chi connectivity index (χ3n) is 12.8. The van der Waals surface area contributed by atoms with Gasteiger partial charge in [-0.3, -0.25) is 0 Å². The Balaban J connectivity index is 1.14. The van der Waals surface area contributed by atoms with Crippen molar-refractivity contribution in [1.82, 2.24) is 0 Å². The second kappa shape index (κ2) is 17.2. The zero-order valence-corrected chi connectivity index (χ0v) is 36.7. The molecule has 0 bridgehead atoms. The fraction of sp³-hybridized carbons (Fsp3) is 0. The van der Waals surface area contributed by atoms with E-state index in [2.05, 4.69) is 277 Å². The molecule has 0 atom stereocenters. The van der Waals surface area contributed by atoms with Gasteiger partial charge in [-0.15, -0.1) is 0 Å². The van der Waals surface area contributed by atoms with Crippen molar-refractivity contribution in [2.75, 3.05) is 9.80 Å². The van der Waals surface area contributed by atoms with Gasteiger partial charge in [-0.05, 0) is 116 Å². The average Bonchev–Trinajstić information content (AvgIpc) is 3.79. The van der Waals surface area contributed by atoms with Gasteiger partial charge in [0.15, 0.2) is 5.58 Å². The number of fused-ring (bicyclic) bond motifs is 4. The summed E-state index contributed by atoms with van der Waals surface area (Å²) in [6, 6.07) is 95.4. The number of para-hydroxylation sites is 2. The van der Waals surface area contributed by atoms with E-state index in [0.29, 0.717) is 0 Å². The molecular weight excluding hydrogens is 813 g/mol. The standard InChI is InChI=1S/C64H44N2O/c1-6-20-45(21-7-1)46-34-36-53(37-35-46)66(59-33-19-18-32-56(59)48-24-10-3-11-25-48)60-40-41-61(64-63(60)58-42-50-28-16-17-29-51(50)43-62(58)67-64)65(52-30-14-5-15-31-52)54-38-39-55(47-22-8-2-9-23-47)57(44-54)49-26-12-4-13-27-49/h1-44H. The minimum atomic E-state index is 0.795. The summed E-state index contributed by atoms with van der Waals surface area (Å²) < 4.78 is 7.31. The molecule has 0 saturated carbocycles. The predicted octanol–water partition coefficient (Wildman–Crippen LogP) is 18.3. The van der Waals surface area contributed by atoms with Gasteiger partial charge < -0.3 is 14.2 Å². The summed E-state index contributed by atoms with van der Waals surface area (Å²) in [5.74, 6) is 0. The van der Waals surface area contributed by atoms with E-state index in [9.17, 15) is 0 Å². The molecule has 0 spiro atoms. The SMILES string of the molecule is c1ccc(-c2ccc(N(c3ccccc3-c3ccccc3)c3ccc(N(c4ccccc4)c4ccc(-c5ccccc5)c(-c5ccccc5)c4)c4oc5cc6ccccc6cc5c34)cc2)cc1. The molecule has 0 aliphatic heterocycles. The Kier molecular flexibility index (Phi) is 10.2. The molecule has 0 unspecified atom stereocenters. The lowest BCUT2D eigenvalue weighted by Gasteiger charge is -2.31. The molecule has 12 rings (SSSR count). The van der Waals surface area contributed by atoms with Gasteiger partial charge in [0.1, 0.15) is 5.58 Å². The summed E-state index contributed by atoms with van der Waals surface area (Å²) in [4.78, 5) is 4.77. The Morgan fingerprint density at radius 2 is 0.746 bits per heavy atom. The van der Waals surface area contributed by atoms with Crippen LogP contribution < -0.4 is 9.80 Å². The van der Waals surface area contributed by atoms with Gasteiger partial charge in [-0.1, -0.05) is 200 Å². The van der Waals surface area contributed by atoms with Gasteiger partial charge in [-0.2, -0.15) is 0 Å². The maximum atomic E-state index is 7.31. The van der Waals surface area contributed by atoms with Crippen molar-refractivity contribution >= 4 is 66.8 Å². The van der Waals surface area contributed by atoms with Crippen LogP contribution in [0.5, 0.6) is 0 Å². The van der Waals surface area contributed by atoms with Crippen LogP contribution in [0.2, 0.25) is 0 Å². The molecule has 11 aromatic carbocycles. The topological polar surface area (TPSA) is 19.6 Å². The maximum absolute atomic E-state index is 7.31. The van der Waals surface area contributed by atoms with Crippen molar-refractivity contribution in [3.8, 4) is 44.5 Å². The lowest BCUT2D eigenvalue weighted by atomic mass is 9.93. The quantitative estimate of drug-likeness (QED) is 0.137. The van der Waals surface area contributed by atoms with Gasteiger partial charge >= 0.3 is 0 Å². The number of hydrogen-bond acceptors (Lipinski definition) is 3. The van der Waals surface area contributed by atoms with E-state index in [0.717, 1.165) is 94.7 Å². The van der Waals surface area contributed by atoms with Crippen LogP contribution in [0.15, 0.2) is 271 Å². The molecule has 0 aliphatic rings. The van der Waals surface area contributed by atoms with Crippen molar-refractivity contribution in [2.45, 2.75) is 0 Å². The lowest BCUT2D eigenvalue weighted by molar-refractivity contribution is 0.669. The lowest BCUT2D eigenvalue weighted by Crippen LogP contribution is -2.14. The van der Waals surface area contributed by atoms with Gasteiger partial charge in [-0.25, -0.2) is 0 Å². The first kappa shape index (κ1) is 39.7. The Morgan fingerprint density at radius 1 is 0.269 bits per heavy atom. The second-order valence-electron chi connectivity index (χ2n) is 16.9. The molecule has 0 amide bonds. The number of furan rings is 1. The summed E-state index contributed by atoms with van der Waals surface area (Å²) in [6.45, 7) is 0. The Labute approximate surface area is 390 Å². The normalized spacial score (nSPS) is 11.3. The highest BCUT2D eigenvalue weighted by Gasteiger charge is 2.27. The summed E-state index contributed by atoms with van der Waals surface area (Å²) in [7, 11) is 0. The Hall–Kier alpha value is -8.92. The van der Waals surface area contributed by atoms with E-state index < -0.39 is 0 Å². The summed E-state index contributed by atoms with van der Waals surface area (Å²) >= 11 is 0. The highest BCUT2D eigenvalue weighted by atomic mass is 16.3. The van der Waals surface area contributed by atoms with Crippen LogP contribution in [-0.4, -0.2) is 0 Å². The van der Waals surface area contributed by atoms with Crippen LogP contribution in [0.4, 0.5) is 34.1 Å². The largest absolute Gasteiger partial charge is 0.454 e. The number of rotatable bonds is 10. The average molecular weight is 857 g/mol. The Morgan fingerprint density at radius 3 is 1.40 bits per heavy atom. The predicted molar refractivity (Wildman–Crippen MR) is 282 cm³/mol. The van der Waals surface area contributed by atoms with E-state index in [1.165, 1.54) is 16.7 Å². The molecule has 0 radical (unpaired) electrons. The first-order chi connectivity index (χ1) is 33.2. The molecule has 0 fully saturated rings. The highest BCUT2D eigenvalue weighted by molar-refractivity contribution is 6.20. The van der Waals surface area contributed by atoms with Gasteiger partial charge in [0.25, 0.3) is 0 Å². The van der Waals surface area contributed by atoms with Crippen LogP contribution in [-0.2, 0) is 0 Å². The summed E-state index contributed by atoms with van der Waals surface area (Å²) in [5, 5.41) is 4.36. The first-order valence-electron chi connectivity index (χ1n) is 22.8. The van der Waals surface area contributed by atoms with Crippen LogP contribution in [0.1, 0.15) is 0 Å². The highest BCUT2D eigenvalue weighted by Crippen LogP contribution is 2.51. The van der Waals surface area contributed by atoms with E-state index in [4.69, 9.17) is 4.42 Å². The second-order valence-corrected chi connectivity index (χ2v) is 16.9. The molecule has 316 valence electrons. The van der Waals surface area contributed by atoms with E-state index in [1.807, 2.05) is 0 Å². The minimum Gasteiger partial charge on any atom is -0.454 e. The third kappa shape index (κ3) is 7.39. The van der Waals surface area contributed by atoms with Crippen molar-refractivity contribution in [3.05, 3.63) is 267 Å². The van der Waals surface area contributed by atoms with Crippen molar-refractivity contribution in [3.63, 3.8) is 0 Å². The fourth-order valence-corrected chi connectivity index (χ4v) is 9.67. The third-order valence-corrected chi connectivity index (χ3v) is 12.8. The molecule has 1 aromatic heterocycles. The van der Waals surface area contributed by atoms with Crippen LogP contribution in [0.25, 0.3) is 77.2 Å². The molecule has 0 saturated heterocycles. The number of anilines is 6. The smallest absolute Gasteiger partial charge is 0.161 e. The zero-order valence-electron chi connectivity index (χ0n) is 36.7. The zero-order chi connectivity index (χ0) is 44.5. The van der Waals surface area contributed by atoms with Gasteiger partial charge in [0, 0.05) is 28.0 Å². The molecule has 12 aromatic rings. The number of nitrogens with zero attached hydrogens (tertiary/aromatic N) is 2.